The molecular weight excluding hydrogens is 294 g/mol. The number of aromatic nitrogens is 2. The summed E-state index contributed by atoms with van der Waals surface area (Å²) in [7, 11) is -0.627. The number of aliphatic hydroxyl groups is 2. The van der Waals surface area contributed by atoms with E-state index in [1.807, 2.05) is 0 Å². The van der Waals surface area contributed by atoms with E-state index in [-0.39, 0.29) is 4.90 Å². The maximum atomic E-state index is 12.7. The smallest absolute Gasteiger partial charge is 0.246 e. The van der Waals surface area contributed by atoms with Gasteiger partial charge in [0.1, 0.15) is 4.90 Å². The van der Waals surface area contributed by atoms with Gasteiger partial charge in [-0.1, -0.05) is 12.8 Å². The fraction of sp³-hybridized carbons (Fsp3) is 0.769. The fourth-order valence-electron chi connectivity index (χ4n) is 2.87. The highest BCUT2D eigenvalue weighted by atomic mass is 32.2. The molecule has 1 aliphatic carbocycles. The summed E-state index contributed by atoms with van der Waals surface area (Å²) >= 11 is 0. The molecule has 7 nitrogen and oxygen atoms in total. The molecule has 1 aliphatic rings. The third-order valence-electron chi connectivity index (χ3n) is 4.13. The molecule has 0 saturated heterocycles. The Morgan fingerprint density at radius 1 is 1.33 bits per heavy atom. The van der Waals surface area contributed by atoms with Crippen LogP contribution in [0, 0.1) is 6.92 Å². The van der Waals surface area contributed by atoms with Crippen LogP contribution in [-0.4, -0.2) is 58.0 Å². The molecule has 21 heavy (non-hydrogen) atoms. The van der Waals surface area contributed by atoms with E-state index in [0.29, 0.717) is 18.5 Å². The molecule has 0 aliphatic heterocycles. The Morgan fingerprint density at radius 3 is 2.52 bits per heavy atom. The quantitative estimate of drug-likeness (QED) is 0.766. The van der Waals surface area contributed by atoms with Crippen molar-refractivity contribution in [3.05, 3.63) is 11.9 Å². The fourth-order valence-corrected chi connectivity index (χ4v) is 4.46. The second-order valence-electron chi connectivity index (χ2n) is 5.68. The van der Waals surface area contributed by atoms with Crippen LogP contribution < -0.4 is 0 Å². The van der Waals surface area contributed by atoms with E-state index in [9.17, 15) is 18.6 Å². The molecule has 0 radical (unpaired) electrons. The normalized spacial score (nSPS) is 27.8. The summed E-state index contributed by atoms with van der Waals surface area (Å²) < 4.78 is 28.0. The minimum atomic E-state index is -3.74. The van der Waals surface area contributed by atoms with Crippen molar-refractivity contribution in [2.45, 2.75) is 55.8 Å². The summed E-state index contributed by atoms with van der Waals surface area (Å²) in [4.78, 5) is 0.137. The van der Waals surface area contributed by atoms with E-state index in [2.05, 4.69) is 5.10 Å². The Kier molecular flexibility index (Phi) is 4.72. The molecule has 1 saturated carbocycles. The van der Waals surface area contributed by atoms with Crippen LogP contribution in [0.4, 0.5) is 0 Å². The first-order chi connectivity index (χ1) is 9.75. The number of nitrogens with zero attached hydrogens (tertiary/aromatic N) is 3. The first-order valence-electron chi connectivity index (χ1n) is 7.09. The van der Waals surface area contributed by atoms with Gasteiger partial charge in [0.2, 0.25) is 10.0 Å². The van der Waals surface area contributed by atoms with E-state index in [4.69, 9.17) is 0 Å². The Balaban J connectivity index is 2.33. The van der Waals surface area contributed by atoms with Gasteiger partial charge in [0, 0.05) is 20.3 Å². The number of sulfonamides is 1. The monoisotopic (exact) mass is 317 g/mol. The Labute approximate surface area is 125 Å². The summed E-state index contributed by atoms with van der Waals surface area (Å²) in [6.45, 7) is 1.64. The Bertz CT molecular complexity index is 599. The predicted octanol–water partition coefficient (Wildman–Crippen LogP) is 0.0134. The van der Waals surface area contributed by atoms with Crippen molar-refractivity contribution in [2.75, 3.05) is 7.05 Å². The lowest BCUT2D eigenvalue weighted by Gasteiger charge is -2.31. The highest BCUT2D eigenvalue weighted by molar-refractivity contribution is 7.89. The average Bonchev–Trinajstić information content (AvgIpc) is 2.67. The van der Waals surface area contributed by atoms with E-state index < -0.39 is 28.3 Å². The molecule has 0 aromatic carbocycles. The summed E-state index contributed by atoms with van der Waals surface area (Å²) in [6.07, 6.45) is 2.11. The molecule has 120 valence electrons. The number of hydrogen-bond acceptors (Lipinski definition) is 5. The minimum Gasteiger partial charge on any atom is -0.390 e. The topological polar surface area (TPSA) is 95.7 Å². The van der Waals surface area contributed by atoms with Gasteiger partial charge < -0.3 is 10.2 Å². The van der Waals surface area contributed by atoms with Crippen LogP contribution in [0.25, 0.3) is 0 Å². The van der Waals surface area contributed by atoms with Crippen molar-refractivity contribution in [3.63, 3.8) is 0 Å². The molecular formula is C13H23N3O4S. The SMILES string of the molecule is Cc1nn(C)cc1S(=O)(=O)N(C)[C@@H]1CCCC[C@@H](O)[C@@H]1O. The highest BCUT2D eigenvalue weighted by Crippen LogP contribution is 2.27. The van der Waals surface area contributed by atoms with Gasteiger partial charge in [0.25, 0.3) is 0 Å². The lowest BCUT2D eigenvalue weighted by molar-refractivity contribution is -0.0148. The van der Waals surface area contributed by atoms with Crippen LogP contribution in [0.3, 0.4) is 0 Å². The molecule has 0 bridgehead atoms. The van der Waals surface area contributed by atoms with Gasteiger partial charge in [-0.2, -0.15) is 9.40 Å². The molecule has 2 N–H and O–H groups in total. The van der Waals surface area contributed by atoms with Crippen molar-refractivity contribution in [3.8, 4) is 0 Å². The summed E-state index contributed by atoms with van der Waals surface area (Å²) in [5.41, 5.74) is 0.424. The van der Waals surface area contributed by atoms with Gasteiger partial charge in [-0.3, -0.25) is 4.68 Å². The van der Waals surface area contributed by atoms with Gasteiger partial charge in [-0.15, -0.1) is 0 Å². The number of aryl methyl sites for hydroxylation is 2. The zero-order valence-corrected chi connectivity index (χ0v) is 13.4. The standard InChI is InChI=1S/C13H23N3O4S/c1-9-12(8-15(2)14-9)21(19,20)16(3)10-6-4-5-7-11(17)13(10)18/h8,10-11,13,17-18H,4-7H2,1-3H3/t10-,11-,13-/m1/s1. The van der Waals surface area contributed by atoms with Crippen molar-refractivity contribution in [1.29, 1.82) is 0 Å². The Morgan fingerprint density at radius 2 is 1.95 bits per heavy atom. The zero-order chi connectivity index (χ0) is 15.8. The lowest BCUT2D eigenvalue weighted by atomic mass is 10.0. The van der Waals surface area contributed by atoms with Crippen LogP contribution in [-0.2, 0) is 17.1 Å². The van der Waals surface area contributed by atoms with Crippen molar-refractivity contribution < 1.29 is 18.6 Å². The number of aliphatic hydroxyl groups excluding tert-OH is 2. The molecule has 2 rings (SSSR count). The number of rotatable bonds is 3. The zero-order valence-electron chi connectivity index (χ0n) is 12.6. The van der Waals surface area contributed by atoms with Crippen LogP contribution in [0.5, 0.6) is 0 Å². The predicted molar refractivity (Wildman–Crippen MR) is 77.2 cm³/mol. The molecule has 1 fully saturated rings. The maximum absolute atomic E-state index is 12.7. The second-order valence-corrected chi connectivity index (χ2v) is 7.65. The van der Waals surface area contributed by atoms with Crippen molar-refractivity contribution in [1.82, 2.24) is 14.1 Å². The second kappa shape index (κ2) is 6.04. The van der Waals surface area contributed by atoms with E-state index in [1.165, 1.54) is 22.2 Å². The van der Waals surface area contributed by atoms with Crippen LogP contribution in [0.2, 0.25) is 0 Å². The van der Waals surface area contributed by atoms with Crippen LogP contribution >= 0.6 is 0 Å². The van der Waals surface area contributed by atoms with Crippen LogP contribution in [0.15, 0.2) is 11.1 Å². The molecule has 1 heterocycles. The molecule has 0 spiro atoms. The largest absolute Gasteiger partial charge is 0.390 e. The minimum absolute atomic E-state index is 0.137. The third-order valence-corrected chi connectivity index (χ3v) is 6.12. The molecule has 3 atom stereocenters. The van der Waals surface area contributed by atoms with Crippen molar-refractivity contribution in [2.24, 2.45) is 7.05 Å². The van der Waals surface area contributed by atoms with Crippen LogP contribution in [0.1, 0.15) is 31.4 Å². The van der Waals surface area contributed by atoms with E-state index in [1.54, 1.807) is 14.0 Å². The summed E-state index contributed by atoms with van der Waals surface area (Å²) in [5, 5.41) is 24.1. The molecule has 0 amide bonds. The molecule has 8 heteroatoms. The third kappa shape index (κ3) is 3.13. The average molecular weight is 317 g/mol. The number of likely N-dealkylation sites (N-methyl/N-ethyl adjacent to an activating group) is 1. The van der Waals surface area contributed by atoms with E-state index in [0.717, 1.165) is 12.8 Å². The van der Waals surface area contributed by atoms with Gasteiger partial charge in [-0.25, -0.2) is 8.42 Å². The summed E-state index contributed by atoms with van der Waals surface area (Å²) in [5.74, 6) is 0. The van der Waals surface area contributed by atoms with Gasteiger partial charge in [-0.05, 0) is 19.8 Å². The first-order valence-corrected chi connectivity index (χ1v) is 8.53. The summed E-state index contributed by atoms with van der Waals surface area (Å²) in [6, 6.07) is -0.618. The van der Waals surface area contributed by atoms with Gasteiger partial charge in [0.15, 0.2) is 0 Å². The van der Waals surface area contributed by atoms with Crippen molar-refractivity contribution >= 4 is 10.0 Å². The van der Waals surface area contributed by atoms with E-state index >= 15 is 0 Å². The molecule has 1 aromatic rings. The van der Waals surface area contributed by atoms with Gasteiger partial charge in [0.05, 0.1) is 23.9 Å². The van der Waals surface area contributed by atoms with Gasteiger partial charge >= 0.3 is 0 Å². The Hall–Kier alpha value is -0.960. The lowest BCUT2D eigenvalue weighted by Crippen LogP contribution is -2.48. The molecule has 1 aromatic heterocycles. The maximum Gasteiger partial charge on any atom is 0.246 e. The first kappa shape index (κ1) is 16.4. The highest BCUT2D eigenvalue weighted by Gasteiger charge is 2.38. The number of hydrogen-bond donors (Lipinski definition) is 2. The molecule has 0 unspecified atom stereocenters.